The molecule has 0 spiro atoms. The van der Waals surface area contributed by atoms with Crippen molar-refractivity contribution in [1.82, 2.24) is 4.90 Å². The molecule has 1 aliphatic heterocycles. The number of methoxy groups -OCH3 is 1. The summed E-state index contributed by atoms with van der Waals surface area (Å²) in [6, 6.07) is 30.9. The highest BCUT2D eigenvalue weighted by molar-refractivity contribution is 6.05. The van der Waals surface area contributed by atoms with Crippen LogP contribution in [0.2, 0.25) is 0 Å². The van der Waals surface area contributed by atoms with Crippen molar-refractivity contribution in [3.8, 4) is 16.9 Å². The molecule has 42 heavy (non-hydrogen) atoms. The smallest absolute Gasteiger partial charge is 0.344 e. The first-order valence-electron chi connectivity index (χ1n) is 13.7. The van der Waals surface area contributed by atoms with Crippen molar-refractivity contribution in [1.29, 1.82) is 0 Å². The predicted molar refractivity (Wildman–Crippen MR) is 163 cm³/mol. The number of nitrogens with zero attached hydrogens (tertiary/aromatic N) is 2. The topological polar surface area (TPSA) is 92.1 Å². The van der Waals surface area contributed by atoms with E-state index in [1.165, 1.54) is 0 Å². The van der Waals surface area contributed by atoms with E-state index < -0.39 is 5.63 Å². The molecule has 6 rings (SSSR count). The third kappa shape index (κ3) is 5.60. The fourth-order valence-corrected chi connectivity index (χ4v) is 5.13. The Hall–Kier alpha value is -5.37. The Morgan fingerprint density at radius 2 is 1.52 bits per heavy atom. The second-order valence-electron chi connectivity index (χ2n) is 10.1. The van der Waals surface area contributed by atoms with Gasteiger partial charge in [0.05, 0.1) is 12.7 Å². The van der Waals surface area contributed by atoms with Crippen LogP contribution < -0.4 is 20.6 Å². The van der Waals surface area contributed by atoms with Gasteiger partial charge in [-0.05, 0) is 78.4 Å². The maximum absolute atomic E-state index is 13.1. The number of para-hydroxylation sites is 1. The van der Waals surface area contributed by atoms with E-state index in [1.54, 1.807) is 67.8 Å². The molecule has 0 atom stereocenters. The molecule has 2 heterocycles. The first-order chi connectivity index (χ1) is 20.5. The monoisotopic (exact) mass is 559 g/mol. The van der Waals surface area contributed by atoms with Crippen molar-refractivity contribution in [2.45, 2.75) is 0 Å². The molecule has 1 N–H and O–H groups in total. The maximum Gasteiger partial charge on any atom is 0.344 e. The summed E-state index contributed by atoms with van der Waals surface area (Å²) in [6.07, 6.45) is 0. The Labute approximate surface area is 242 Å². The number of hydrogen-bond donors (Lipinski definition) is 1. The lowest BCUT2D eigenvalue weighted by Gasteiger charge is -2.36. The Kier molecular flexibility index (Phi) is 7.43. The molecule has 210 valence electrons. The minimum Gasteiger partial charge on any atom is -0.497 e. The van der Waals surface area contributed by atoms with Crippen LogP contribution in [0.15, 0.2) is 112 Å². The van der Waals surface area contributed by atoms with Crippen LogP contribution in [0.1, 0.15) is 20.7 Å². The number of piperazine rings is 1. The fourth-order valence-electron chi connectivity index (χ4n) is 5.13. The van der Waals surface area contributed by atoms with Crippen LogP contribution >= 0.6 is 0 Å². The molecule has 0 aliphatic carbocycles. The van der Waals surface area contributed by atoms with Crippen molar-refractivity contribution in [3.05, 3.63) is 125 Å². The third-order valence-electron chi connectivity index (χ3n) is 7.47. The lowest BCUT2D eigenvalue weighted by Crippen LogP contribution is -2.48. The maximum atomic E-state index is 13.1. The second kappa shape index (κ2) is 11.6. The molecule has 0 bridgehead atoms. The first kappa shape index (κ1) is 26.8. The van der Waals surface area contributed by atoms with Crippen molar-refractivity contribution in [2.24, 2.45) is 0 Å². The summed E-state index contributed by atoms with van der Waals surface area (Å²) in [7, 11) is 1.60. The summed E-state index contributed by atoms with van der Waals surface area (Å²) in [6.45, 7) is 2.66. The Morgan fingerprint density at radius 1 is 0.786 bits per heavy atom. The highest BCUT2D eigenvalue weighted by atomic mass is 16.5. The van der Waals surface area contributed by atoms with Crippen molar-refractivity contribution in [3.63, 3.8) is 0 Å². The van der Waals surface area contributed by atoms with Crippen molar-refractivity contribution < 1.29 is 18.7 Å². The lowest BCUT2D eigenvalue weighted by molar-refractivity contribution is 0.0746. The minimum absolute atomic E-state index is 0.0147. The van der Waals surface area contributed by atoms with E-state index >= 15 is 0 Å². The number of carbonyl (C=O) groups is 2. The van der Waals surface area contributed by atoms with Gasteiger partial charge in [-0.2, -0.15) is 0 Å². The molecule has 5 aromatic rings. The summed E-state index contributed by atoms with van der Waals surface area (Å²) in [5.41, 5.74) is 3.85. The van der Waals surface area contributed by atoms with Crippen LogP contribution in [0.5, 0.6) is 5.75 Å². The van der Waals surface area contributed by atoms with Gasteiger partial charge in [0, 0.05) is 54.1 Å². The van der Waals surface area contributed by atoms with Crippen LogP contribution in [0.4, 0.5) is 11.4 Å². The Bertz CT molecular complexity index is 1800. The SMILES string of the molecule is COc1ccc(C(=O)N2CCN(c3ccc(NC(=O)c4cccc(-c5cc6ccccc6oc5=O)c4)cc3)CC2)cc1. The molecular formula is C34H29N3O5. The molecule has 1 fully saturated rings. The first-order valence-corrected chi connectivity index (χ1v) is 13.7. The number of fused-ring (bicyclic) bond motifs is 1. The van der Waals surface area contributed by atoms with Crippen molar-refractivity contribution >= 4 is 34.2 Å². The Morgan fingerprint density at radius 3 is 2.26 bits per heavy atom. The normalized spacial score (nSPS) is 13.2. The van der Waals surface area contributed by atoms with Crippen LogP contribution in [0.25, 0.3) is 22.1 Å². The highest BCUT2D eigenvalue weighted by Gasteiger charge is 2.22. The zero-order valence-electron chi connectivity index (χ0n) is 23.1. The third-order valence-corrected chi connectivity index (χ3v) is 7.47. The van der Waals surface area contributed by atoms with Gasteiger partial charge in [-0.1, -0.05) is 30.3 Å². The van der Waals surface area contributed by atoms with E-state index in [2.05, 4.69) is 10.2 Å². The predicted octanol–water partition coefficient (Wildman–Crippen LogP) is 5.68. The van der Waals surface area contributed by atoms with Gasteiger partial charge in [-0.3, -0.25) is 9.59 Å². The number of rotatable bonds is 6. The largest absolute Gasteiger partial charge is 0.497 e. The van der Waals surface area contributed by atoms with Gasteiger partial charge >= 0.3 is 5.63 Å². The molecule has 8 nitrogen and oxygen atoms in total. The van der Waals surface area contributed by atoms with E-state index in [-0.39, 0.29) is 11.8 Å². The highest BCUT2D eigenvalue weighted by Crippen LogP contribution is 2.24. The summed E-state index contributed by atoms with van der Waals surface area (Å²) < 4.78 is 10.6. The summed E-state index contributed by atoms with van der Waals surface area (Å²) in [4.78, 5) is 42.6. The quantitative estimate of drug-likeness (QED) is 0.269. The number of amides is 2. The van der Waals surface area contributed by atoms with E-state index in [9.17, 15) is 14.4 Å². The van der Waals surface area contributed by atoms with E-state index in [0.717, 1.165) is 16.8 Å². The molecule has 1 aliphatic rings. The van der Waals surface area contributed by atoms with Gasteiger partial charge in [0.1, 0.15) is 11.3 Å². The molecular weight excluding hydrogens is 530 g/mol. The zero-order valence-corrected chi connectivity index (χ0v) is 23.1. The van der Waals surface area contributed by atoms with E-state index in [1.807, 2.05) is 47.4 Å². The van der Waals surface area contributed by atoms with Gasteiger partial charge in [-0.25, -0.2) is 4.79 Å². The molecule has 0 saturated carbocycles. The fraction of sp³-hybridized carbons (Fsp3) is 0.147. The molecule has 4 aromatic carbocycles. The second-order valence-corrected chi connectivity index (χ2v) is 10.1. The zero-order chi connectivity index (χ0) is 29.1. The number of nitrogens with one attached hydrogen (secondary N) is 1. The van der Waals surface area contributed by atoms with Crippen LogP contribution in [-0.4, -0.2) is 50.0 Å². The molecule has 0 radical (unpaired) electrons. The number of carbonyl (C=O) groups excluding carboxylic acids is 2. The average molecular weight is 560 g/mol. The molecule has 0 unspecified atom stereocenters. The van der Waals surface area contributed by atoms with Crippen LogP contribution in [0.3, 0.4) is 0 Å². The number of hydrogen-bond acceptors (Lipinski definition) is 6. The van der Waals surface area contributed by atoms with Gasteiger partial charge in [0.15, 0.2) is 0 Å². The number of ether oxygens (including phenoxy) is 1. The standard InChI is InChI=1S/C34H29N3O5/c1-41-29-15-9-23(10-16-29)33(39)37-19-17-36(18-20-37)28-13-11-27(12-14-28)35-32(38)26-7-4-6-24(21-26)30-22-25-5-2-3-8-31(25)42-34(30)40/h2-16,21-22H,17-20H2,1H3,(H,35,38). The van der Waals surface area contributed by atoms with Gasteiger partial charge < -0.3 is 24.3 Å². The summed E-state index contributed by atoms with van der Waals surface area (Å²) >= 11 is 0. The Balaban J connectivity index is 1.08. The summed E-state index contributed by atoms with van der Waals surface area (Å²) in [5, 5.41) is 3.75. The van der Waals surface area contributed by atoms with Crippen molar-refractivity contribution in [2.75, 3.05) is 43.5 Å². The lowest BCUT2D eigenvalue weighted by atomic mass is 10.0. The number of anilines is 2. The molecule has 8 heteroatoms. The molecule has 1 aromatic heterocycles. The average Bonchev–Trinajstić information content (AvgIpc) is 3.04. The van der Waals surface area contributed by atoms with Gasteiger partial charge in [-0.15, -0.1) is 0 Å². The van der Waals surface area contributed by atoms with Gasteiger partial charge in [0.25, 0.3) is 11.8 Å². The number of benzene rings is 4. The van der Waals surface area contributed by atoms with E-state index in [0.29, 0.717) is 59.7 Å². The minimum atomic E-state index is -0.451. The van der Waals surface area contributed by atoms with Gasteiger partial charge in [0.2, 0.25) is 0 Å². The van der Waals surface area contributed by atoms with E-state index in [4.69, 9.17) is 9.15 Å². The molecule has 1 saturated heterocycles. The summed E-state index contributed by atoms with van der Waals surface area (Å²) in [5.74, 6) is 0.459. The van der Waals surface area contributed by atoms with Crippen LogP contribution in [-0.2, 0) is 0 Å². The van der Waals surface area contributed by atoms with Crippen LogP contribution in [0, 0.1) is 0 Å². The molecule has 2 amide bonds.